The Labute approximate surface area is 94.0 Å². The second-order valence-electron chi connectivity index (χ2n) is 3.63. The third kappa shape index (κ3) is 2.38. The number of carbonyl (C=O) groups excluding carboxylic acids is 1. The zero-order valence-corrected chi connectivity index (χ0v) is 8.46. The minimum atomic E-state index is -4.48. The summed E-state index contributed by atoms with van der Waals surface area (Å²) in [7, 11) is 0. The van der Waals surface area contributed by atoms with Crippen molar-refractivity contribution in [3.05, 3.63) is 30.1 Å². The molecule has 1 aliphatic rings. The molecule has 1 amide bonds. The van der Waals surface area contributed by atoms with Crippen molar-refractivity contribution in [1.29, 1.82) is 0 Å². The topological polar surface area (TPSA) is 32.3 Å². The van der Waals surface area contributed by atoms with Gasteiger partial charge in [0.15, 0.2) is 0 Å². The molecule has 1 aromatic rings. The number of hydrazine groups is 1. The number of hydrogen-bond acceptors (Lipinski definition) is 2. The van der Waals surface area contributed by atoms with E-state index in [1.165, 1.54) is 12.1 Å². The fourth-order valence-electron chi connectivity index (χ4n) is 1.54. The zero-order chi connectivity index (χ0) is 12.6. The largest absolute Gasteiger partial charge is 0.406 e. The van der Waals surface area contributed by atoms with E-state index in [4.69, 9.17) is 0 Å². The quantitative estimate of drug-likeness (QED) is 0.771. The maximum Gasteiger partial charge on any atom is 0.406 e. The summed E-state index contributed by atoms with van der Waals surface area (Å²) < 4.78 is 49.8. The molecule has 17 heavy (non-hydrogen) atoms. The van der Waals surface area contributed by atoms with Gasteiger partial charge in [-0.05, 0) is 24.3 Å². The normalized spacial score (nSPS) is 21.1. The first-order valence-electron chi connectivity index (χ1n) is 4.79. The highest BCUT2D eigenvalue weighted by atomic mass is 19.4. The minimum Gasteiger partial charge on any atom is -0.273 e. The van der Waals surface area contributed by atoms with Crippen molar-refractivity contribution in [2.24, 2.45) is 0 Å². The lowest BCUT2D eigenvalue weighted by Gasteiger charge is -2.19. The summed E-state index contributed by atoms with van der Waals surface area (Å²) in [5.41, 5.74) is 2.24. The van der Waals surface area contributed by atoms with E-state index in [1.807, 2.05) is 0 Å². The van der Waals surface area contributed by atoms with E-state index in [0.717, 1.165) is 17.1 Å². The number of anilines is 1. The summed E-state index contributed by atoms with van der Waals surface area (Å²) >= 11 is 0. The molecule has 0 aliphatic carbocycles. The van der Waals surface area contributed by atoms with Gasteiger partial charge in [-0.3, -0.25) is 4.79 Å². The standard InChI is InChI=1S/C10H8F4N2O/c11-6-1-3-7(4-2-6)16-9(17)5-8(15-16)10(12,13)14/h1-4,8,15H,5H2/t8-/m0/s1. The maximum absolute atomic E-state index is 12.6. The van der Waals surface area contributed by atoms with Gasteiger partial charge in [-0.1, -0.05) is 0 Å². The van der Waals surface area contributed by atoms with Gasteiger partial charge in [0.2, 0.25) is 5.91 Å². The van der Waals surface area contributed by atoms with Gasteiger partial charge in [-0.25, -0.2) is 14.8 Å². The van der Waals surface area contributed by atoms with E-state index in [-0.39, 0.29) is 5.69 Å². The zero-order valence-electron chi connectivity index (χ0n) is 8.46. The second kappa shape index (κ2) is 3.99. The Bertz CT molecular complexity index is 429. The van der Waals surface area contributed by atoms with Crippen LogP contribution in [0.2, 0.25) is 0 Å². The molecule has 1 fully saturated rings. The lowest BCUT2D eigenvalue weighted by molar-refractivity contribution is -0.153. The summed E-state index contributed by atoms with van der Waals surface area (Å²) in [6.07, 6.45) is -5.13. The van der Waals surface area contributed by atoms with Crippen LogP contribution in [-0.4, -0.2) is 18.1 Å². The first-order valence-corrected chi connectivity index (χ1v) is 4.79. The molecule has 1 N–H and O–H groups in total. The number of halogens is 4. The van der Waals surface area contributed by atoms with Crippen molar-refractivity contribution < 1.29 is 22.4 Å². The number of alkyl halides is 3. The summed E-state index contributed by atoms with van der Waals surface area (Å²) in [5.74, 6) is -1.22. The first-order chi connectivity index (χ1) is 7.88. The van der Waals surface area contributed by atoms with Crippen LogP contribution in [0.15, 0.2) is 24.3 Å². The average Bonchev–Trinajstić information content (AvgIpc) is 2.61. The van der Waals surface area contributed by atoms with Gasteiger partial charge in [0.1, 0.15) is 11.9 Å². The SMILES string of the molecule is O=C1C[C@@H](C(F)(F)F)NN1c1ccc(F)cc1. The van der Waals surface area contributed by atoms with Crippen LogP contribution in [0.5, 0.6) is 0 Å². The van der Waals surface area contributed by atoms with Crippen molar-refractivity contribution in [3.63, 3.8) is 0 Å². The Morgan fingerprint density at radius 1 is 1.24 bits per heavy atom. The molecule has 0 radical (unpaired) electrons. The van der Waals surface area contributed by atoms with E-state index in [0.29, 0.717) is 0 Å². The Hall–Kier alpha value is -1.63. The summed E-state index contributed by atoms with van der Waals surface area (Å²) in [4.78, 5) is 11.4. The minimum absolute atomic E-state index is 0.183. The second-order valence-corrected chi connectivity index (χ2v) is 3.63. The first kappa shape index (κ1) is 11.8. The smallest absolute Gasteiger partial charge is 0.273 e. The monoisotopic (exact) mass is 248 g/mol. The van der Waals surface area contributed by atoms with Crippen LogP contribution in [0.3, 0.4) is 0 Å². The molecular formula is C10H8F4N2O. The van der Waals surface area contributed by atoms with Gasteiger partial charge in [0, 0.05) is 0 Å². The third-order valence-corrected chi connectivity index (χ3v) is 2.39. The molecule has 1 saturated heterocycles. The summed E-state index contributed by atoms with van der Waals surface area (Å²) in [6.45, 7) is 0. The summed E-state index contributed by atoms with van der Waals surface area (Å²) in [6, 6.07) is 2.73. The predicted molar refractivity (Wildman–Crippen MR) is 51.5 cm³/mol. The fourth-order valence-corrected chi connectivity index (χ4v) is 1.54. The predicted octanol–water partition coefficient (Wildman–Crippen LogP) is 2.00. The molecule has 0 unspecified atom stereocenters. The molecule has 1 heterocycles. The van der Waals surface area contributed by atoms with Crippen molar-refractivity contribution in [2.75, 3.05) is 5.01 Å². The van der Waals surface area contributed by atoms with Gasteiger partial charge in [0.05, 0.1) is 12.1 Å². The molecule has 1 atom stereocenters. The van der Waals surface area contributed by atoms with Crippen LogP contribution < -0.4 is 10.4 Å². The van der Waals surface area contributed by atoms with E-state index in [1.54, 1.807) is 0 Å². The van der Waals surface area contributed by atoms with Gasteiger partial charge in [-0.2, -0.15) is 13.2 Å². The van der Waals surface area contributed by atoms with Crippen LogP contribution in [0.25, 0.3) is 0 Å². The van der Waals surface area contributed by atoms with Crippen LogP contribution in [0.4, 0.5) is 23.2 Å². The highest BCUT2D eigenvalue weighted by Crippen LogP contribution is 2.29. The number of nitrogens with zero attached hydrogens (tertiary/aromatic N) is 1. The van der Waals surface area contributed by atoms with Gasteiger partial charge in [-0.15, -0.1) is 0 Å². The molecule has 0 bridgehead atoms. The molecular weight excluding hydrogens is 240 g/mol. The van der Waals surface area contributed by atoms with Gasteiger partial charge < -0.3 is 0 Å². The lowest BCUT2D eigenvalue weighted by Crippen LogP contribution is -2.44. The Kier molecular flexibility index (Phi) is 2.78. The number of benzene rings is 1. The van der Waals surface area contributed by atoms with Crippen molar-refractivity contribution in [3.8, 4) is 0 Å². The summed E-state index contributed by atoms with van der Waals surface area (Å²) in [5, 5.41) is 0.789. The number of amides is 1. The highest BCUT2D eigenvalue weighted by Gasteiger charge is 2.47. The Morgan fingerprint density at radius 2 is 1.82 bits per heavy atom. The van der Waals surface area contributed by atoms with Crippen LogP contribution in [0, 0.1) is 5.82 Å². The van der Waals surface area contributed by atoms with E-state index < -0.39 is 30.4 Å². The van der Waals surface area contributed by atoms with Crippen molar-refractivity contribution >= 4 is 11.6 Å². The van der Waals surface area contributed by atoms with E-state index in [2.05, 4.69) is 5.43 Å². The fraction of sp³-hybridized carbons (Fsp3) is 0.300. The van der Waals surface area contributed by atoms with Gasteiger partial charge >= 0.3 is 6.18 Å². The third-order valence-electron chi connectivity index (χ3n) is 2.39. The highest BCUT2D eigenvalue weighted by molar-refractivity contribution is 5.95. The molecule has 0 saturated carbocycles. The van der Waals surface area contributed by atoms with Crippen LogP contribution in [0.1, 0.15) is 6.42 Å². The van der Waals surface area contributed by atoms with Crippen molar-refractivity contribution in [2.45, 2.75) is 18.6 Å². The van der Waals surface area contributed by atoms with E-state index >= 15 is 0 Å². The molecule has 7 heteroatoms. The maximum atomic E-state index is 12.6. The Morgan fingerprint density at radius 3 is 2.29 bits per heavy atom. The molecule has 1 aliphatic heterocycles. The number of nitrogens with one attached hydrogen (secondary N) is 1. The molecule has 2 rings (SSSR count). The van der Waals surface area contributed by atoms with Crippen LogP contribution >= 0.6 is 0 Å². The molecule has 92 valence electrons. The number of rotatable bonds is 1. The Balaban J connectivity index is 2.19. The molecule has 0 aromatic heterocycles. The lowest BCUT2D eigenvalue weighted by atomic mass is 10.2. The molecule has 3 nitrogen and oxygen atoms in total. The van der Waals surface area contributed by atoms with E-state index in [9.17, 15) is 22.4 Å². The van der Waals surface area contributed by atoms with Crippen LogP contribution in [-0.2, 0) is 4.79 Å². The number of carbonyl (C=O) groups is 1. The van der Waals surface area contributed by atoms with Gasteiger partial charge in [0.25, 0.3) is 0 Å². The average molecular weight is 248 g/mol. The number of hydrogen-bond donors (Lipinski definition) is 1. The molecule has 0 spiro atoms. The van der Waals surface area contributed by atoms with Crippen molar-refractivity contribution in [1.82, 2.24) is 5.43 Å². The molecule has 1 aromatic carbocycles.